The second-order valence-electron chi connectivity index (χ2n) is 5.83. The molecule has 5 nitrogen and oxygen atoms in total. The maximum Gasteiger partial charge on any atom is 0.315 e. The smallest absolute Gasteiger partial charge is 0.315 e. The van der Waals surface area contributed by atoms with Crippen molar-refractivity contribution in [2.75, 3.05) is 19.8 Å². The van der Waals surface area contributed by atoms with Crippen LogP contribution < -0.4 is 20.1 Å². The highest BCUT2D eigenvalue weighted by atomic mass is 16.5. The van der Waals surface area contributed by atoms with E-state index in [9.17, 15) is 4.79 Å². The number of carbonyl (C=O) groups excluding carboxylic acids is 1. The highest BCUT2D eigenvalue weighted by molar-refractivity contribution is 5.74. The van der Waals surface area contributed by atoms with Crippen molar-refractivity contribution in [3.63, 3.8) is 0 Å². The van der Waals surface area contributed by atoms with Gasteiger partial charge in [0, 0.05) is 42.6 Å². The number of unbranched alkanes of at least 4 members (excludes halogenated alkanes) is 2. The van der Waals surface area contributed by atoms with Crippen molar-refractivity contribution < 1.29 is 14.3 Å². The molecule has 0 fully saturated rings. The Morgan fingerprint density at radius 2 is 2.05 bits per heavy atom. The van der Waals surface area contributed by atoms with E-state index in [0.717, 1.165) is 55.7 Å². The van der Waals surface area contributed by atoms with Crippen LogP contribution in [0.15, 0.2) is 6.07 Å². The van der Waals surface area contributed by atoms with Crippen LogP contribution in [0.25, 0.3) is 0 Å². The average Bonchev–Trinajstić information content (AvgIpc) is 3.16. The third-order valence-electron chi connectivity index (χ3n) is 4.25. The third-order valence-corrected chi connectivity index (χ3v) is 4.25. The summed E-state index contributed by atoms with van der Waals surface area (Å²) in [7, 11) is 0. The monoisotopic (exact) mass is 304 g/mol. The number of rotatable bonds is 6. The van der Waals surface area contributed by atoms with Crippen LogP contribution >= 0.6 is 0 Å². The summed E-state index contributed by atoms with van der Waals surface area (Å²) in [6.07, 6.45) is 5.13. The van der Waals surface area contributed by atoms with E-state index in [-0.39, 0.29) is 6.03 Å². The molecule has 1 aromatic carbocycles. The predicted octanol–water partition coefficient (Wildman–Crippen LogP) is 2.55. The largest absolute Gasteiger partial charge is 0.493 e. The van der Waals surface area contributed by atoms with Gasteiger partial charge in [-0.1, -0.05) is 19.8 Å². The first kappa shape index (κ1) is 15.0. The third kappa shape index (κ3) is 3.13. The normalized spacial score (nSPS) is 14.8. The van der Waals surface area contributed by atoms with Gasteiger partial charge in [-0.15, -0.1) is 0 Å². The molecule has 2 aliphatic heterocycles. The lowest BCUT2D eigenvalue weighted by Crippen LogP contribution is -2.35. The molecule has 0 saturated heterocycles. The Kier molecular flexibility index (Phi) is 4.71. The first-order valence-electron chi connectivity index (χ1n) is 8.24. The highest BCUT2D eigenvalue weighted by Crippen LogP contribution is 2.40. The Labute approximate surface area is 131 Å². The molecule has 0 aliphatic carbocycles. The predicted molar refractivity (Wildman–Crippen MR) is 84.6 cm³/mol. The molecule has 0 aromatic heterocycles. The zero-order chi connectivity index (χ0) is 15.4. The Balaban J connectivity index is 1.62. The number of fused-ring (bicyclic) bond motifs is 2. The number of amides is 2. The second kappa shape index (κ2) is 6.90. The van der Waals surface area contributed by atoms with Crippen LogP contribution in [0.2, 0.25) is 0 Å². The fourth-order valence-electron chi connectivity index (χ4n) is 3.08. The van der Waals surface area contributed by atoms with Crippen molar-refractivity contribution in [2.45, 2.75) is 45.6 Å². The van der Waals surface area contributed by atoms with E-state index < -0.39 is 0 Å². The van der Waals surface area contributed by atoms with Crippen LogP contribution in [-0.2, 0) is 19.4 Å². The molecule has 0 radical (unpaired) electrons. The summed E-state index contributed by atoms with van der Waals surface area (Å²) >= 11 is 0. The summed E-state index contributed by atoms with van der Waals surface area (Å²) < 4.78 is 11.5. The zero-order valence-corrected chi connectivity index (χ0v) is 13.2. The van der Waals surface area contributed by atoms with E-state index in [0.29, 0.717) is 19.8 Å². The van der Waals surface area contributed by atoms with Crippen molar-refractivity contribution in [2.24, 2.45) is 0 Å². The van der Waals surface area contributed by atoms with E-state index in [1.165, 1.54) is 11.1 Å². The number of hydrogen-bond donors (Lipinski definition) is 2. The number of urea groups is 1. The van der Waals surface area contributed by atoms with Gasteiger partial charge < -0.3 is 20.1 Å². The Morgan fingerprint density at radius 1 is 1.18 bits per heavy atom. The molecule has 1 aromatic rings. The Bertz CT molecular complexity index is 525. The van der Waals surface area contributed by atoms with Gasteiger partial charge >= 0.3 is 6.03 Å². The van der Waals surface area contributed by atoms with Crippen molar-refractivity contribution in [3.05, 3.63) is 22.8 Å². The molecule has 5 heteroatoms. The summed E-state index contributed by atoms with van der Waals surface area (Å²) in [5.41, 5.74) is 3.47. The quantitative estimate of drug-likeness (QED) is 0.794. The lowest BCUT2D eigenvalue weighted by atomic mass is 9.99. The maximum atomic E-state index is 11.9. The molecule has 0 spiro atoms. The van der Waals surface area contributed by atoms with E-state index in [1.54, 1.807) is 0 Å². The second-order valence-corrected chi connectivity index (χ2v) is 5.83. The minimum atomic E-state index is -0.112. The maximum absolute atomic E-state index is 11.9. The van der Waals surface area contributed by atoms with Gasteiger partial charge in [-0.2, -0.15) is 0 Å². The fraction of sp³-hybridized carbons (Fsp3) is 0.588. The van der Waals surface area contributed by atoms with Gasteiger partial charge in [-0.05, 0) is 12.5 Å². The fourth-order valence-corrected chi connectivity index (χ4v) is 3.08. The number of carbonyl (C=O) groups is 1. The van der Waals surface area contributed by atoms with Crippen LogP contribution in [-0.4, -0.2) is 25.8 Å². The molecule has 0 atom stereocenters. The zero-order valence-electron chi connectivity index (χ0n) is 13.2. The van der Waals surface area contributed by atoms with Crippen LogP contribution in [0.1, 0.15) is 42.9 Å². The topological polar surface area (TPSA) is 59.6 Å². The molecule has 0 bridgehead atoms. The standard InChI is InChI=1S/C17H24N2O3/c1-2-3-4-7-18-17(20)19-11-14-13-6-9-21-15(13)10-12-5-8-22-16(12)14/h10H,2-9,11H2,1H3,(H2,18,19,20). The minimum Gasteiger partial charge on any atom is -0.493 e. The molecular formula is C17H24N2O3. The SMILES string of the molecule is CCCCCNC(=O)NCc1c2c(cc3c1OCC3)OCC2. The Morgan fingerprint density at radius 3 is 2.91 bits per heavy atom. The van der Waals surface area contributed by atoms with Crippen molar-refractivity contribution >= 4 is 6.03 Å². The molecule has 2 heterocycles. The molecule has 22 heavy (non-hydrogen) atoms. The van der Waals surface area contributed by atoms with Crippen molar-refractivity contribution in [1.29, 1.82) is 0 Å². The molecule has 0 unspecified atom stereocenters. The lowest BCUT2D eigenvalue weighted by Gasteiger charge is -2.14. The Hall–Kier alpha value is -1.91. The highest BCUT2D eigenvalue weighted by Gasteiger charge is 2.26. The van der Waals surface area contributed by atoms with Crippen LogP contribution in [0.3, 0.4) is 0 Å². The average molecular weight is 304 g/mol. The summed E-state index contributed by atoms with van der Waals surface area (Å²) in [5.74, 6) is 1.92. The number of ether oxygens (including phenoxy) is 2. The first-order chi connectivity index (χ1) is 10.8. The van der Waals surface area contributed by atoms with Gasteiger partial charge in [-0.3, -0.25) is 0 Å². The molecule has 2 N–H and O–H groups in total. The molecule has 0 saturated carbocycles. The number of benzene rings is 1. The van der Waals surface area contributed by atoms with E-state index in [4.69, 9.17) is 9.47 Å². The number of nitrogens with one attached hydrogen (secondary N) is 2. The summed E-state index contributed by atoms with van der Waals surface area (Å²) in [6.45, 7) is 4.81. The summed E-state index contributed by atoms with van der Waals surface area (Å²) in [5, 5.41) is 5.85. The molecule has 2 amide bonds. The molecule has 3 rings (SSSR count). The van der Waals surface area contributed by atoms with E-state index in [2.05, 4.69) is 23.6 Å². The van der Waals surface area contributed by atoms with E-state index >= 15 is 0 Å². The summed E-state index contributed by atoms with van der Waals surface area (Å²) in [4.78, 5) is 11.9. The van der Waals surface area contributed by atoms with Gasteiger partial charge in [0.15, 0.2) is 0 Å². The van der Waals surface area contributed by atoms with Gasteiger partial charge in [0.2, 0.25) is 0 Å². The molecule has 2 aliphatic rings. The summed E-state index contributed by atoms with van der Waals surface area (Å²) in [6, 6.07) is 1.98. The molecule has 120 valence electrons. The van der Waals surface area contributed by atoms with Gasteiger partial charge in [0.05, 0.1) is 13.2 Å². The van der Waals surface area contributed by atoms with Crippen molar-refractivity contribution in [3.8, 4) is 11.5 Å². The lowest BCUT2D eigenvalue weighted by molar-refractivity contribution is 0.240. The first-order valence-corrected chi connectivity index (χ1v) is 8.24. The van der Waals surface area contributed by atoms with Gasteiger partial charge in [0.25, 0.3) is 0 Å². The van der Waals surface area contributed by atoms with Crippen molar-refractivity contribution in [1.82, 2.24) is 10.6 Å². The van der Waals surface area contributed by atoms with Gasteiger partial charge in [0.1, 0.15) is 11.5 Å². The molecular weight excluding hydrogens is 280 g/mol. The number of hydrogen-bond acceptors (Lipinski definition) is 3. The minimum absolute atomic E-state index is 0.112. The van der Waals surface area contributed by atoms with Crippen LogP contribution in [0.5, 0.6) is 11.5 Å². The van der Waals surface area contributed by atoms with E-state index in [1.807, 2.05) is 0 Å². The van der Waals surface area contributed by atoms with Gasteiger partial charge in [-0.25, -0.2) is 4.79 Å². The van der Waals surface area contributed by atoms with Crippen LogP contribution in [0, 0.1) is 0 Å². The van der Waals surface area contributed by atoms with Crippen LogP contribution in [0.4, 0.5) is 4.79 Å².